The third kappa shape index (κ3) is 1.69. The molecule has 1 aromatic carbocycles. The van der Waals surface area contributed by atoms with Crippen LogP contribution in [-0.2, 0) is 9.59 Å². The van der Waals surface area contributed by atoms with E-state index in [-0.39, 0.29) is 18.2 Å². The van der Waals surface area contributed by atoms with Crippen molar-refractivity contribution < 1.29 is 14.4 Å². The zero-order valence-corrected chi connectivity index (χ0v) is 10.7. The molecule has 0 radical (unpaired) electrons. The molecule has 0 spiro atoms. The van der Waals surface area contributed by atoms with E-state index >= 15 is 0 Å². The Hall–Kier alpha value is -2.63. The lowest BCUT2D eigenvalue weighted by atomic mass is 10.0. The molecule has 1 unspecified atom stereocenters. The van der Waals surface area contributed by atoms with Crippen LogP contribution < -0.4 is 11.1 Å². The Kier molecular flexibility index (Phi) is 2.60. The van der Waals surface area contributed by atoms with Gasteiger partial charge in [-0.15, -0.1) is 0 Å². The van der Waals surface area contributed by atoms with Crippen molar-refractivity contribution in [1.82, 2.24) is 10.2 Å². The summed E-state index contributed by atoms with van der Waals surface area (Å²) in [6.45, 7) is 3.88. The summed E-state index contributed by atoms with van der Waals surface area (Å²) in [5, 5.41) is 2.25. The molecule has 3 N–H and O–H groups in total. The van der Waals surface area contributed by atoms with Crippen LogP contribution in [0.25, 0.3) is 5.70 Å². The second-order valence-corrected chi connectivity index (χ2v) is 4.89. The number of nitrogens with two attached hydrogens (primary N) is 1. The van der Waals surface area contributed by atoms with Gasteiger partial charge in [0, 0.05) is 28.9 Å². The first kappa shape index (κ1) is 12.4. The molecule has 0 saturated carbocycles. The number of piperidine rings is 1. The molecular formula is C14H13N3O3. The van der Waals surface area contributed by atoms with Gasteiger partial charge in [0.05, 0.1) is 0 Å². The van der Waals surface area contributed by atoms with Crippen molar-refractivity contribution in [2.45, 2.75) is 18.9 Å². The molecule has 102 valence electrons. The predicted octanol–water partition coefficient (Wildman–Crippen LogP) is 0.500. The number of rotatable bonds is 1. The molecule has 1 saturated heterocycles. The minimum Gasteiger partial charge on any atom is -0.399 e. The van der Waals surface area contributed by atoms with Gasteiger partial charge in [0.25, 0.3) is 5.91 Å². The molecule has 3 amide bonds. The van der Waals surface area contributed by atoms with Gasteiger partial charge in [-0.25, -0.2) is 0 Å². The maximum atomic E-state index is 12.4. The summed E-state index contributed by atoms with van der Waals surface area (Å²) in [5.74, 6) is -1.05. The average molecular weight is 271 g/mol. The zero-order valence-electron chi connectivity index (χ0n) is 10.7. The van der Waals surface area contributed by atoms with Crippen LogP contribution in [0.3, 0.4) is 0 Å². The van der Waals surface area contributed by atoms with Crippen LogP contribution in [0.5, 0.6) is 0 Å². The molecule has 1 atom stereocenters. The smallest absolute Gasteiger partial charge is 0.259 e. The molecule has 0 aliphatic carbocycles. The Bertz CT molecular complexity index is 666. The molecule has 20 heavy (non-hydrogen) atoms. The molecule has 2 heterocycles. The first-order chi connectivity index (χ1) is 9.49. The molecule has 3 rings (SSSR count). The van der Waals surface area contributed by atoms with Crippen LogP contribution in [0, 0.1) is 0 Å². The summed E-state index contributed by atoms with van der Waals surface area (Å²) < 4.78 is 0. The van der Waals surface area contributed by atoms with Crippen molar-refractivity contribution in [2.24, 2.45) is 0 Å². The summed E-state index contributed by atoms with van der Waals surface area (Å²) >= 11 is 0. The standard InChI is InChI=1S/C14H13N3O3/c1-7-10-6-8(15)2-3-9(10)14(20)17(7)11-4-5-12(18)16-13(11)19/h2-3,6,11H,1,4-5,15H2,(H,16,18,19). The van der Waals surface area contributed by atoms with Crippen LogP contribution in [0.4, 0.5) is 5.69 Å². The normalized spacial score (nSPS) is 22.0. The SMILES string of the molecule is C=C1c2cc(N)ccc2C(=O)N1C1CCC(=O)NC1=O. The summed E-state index contributed by atoms with van der Waals surface area (Å²) in [4.78, 5) is 36.9. The average Bonchev–Trinajstić information content (AvgIpc) is 2.63. The number of benzene rings is 1. The Morgan fingerprint density at radius 2 is 2.00 bits per heavy atom. The quantitative estimate of drug-likeness (QED) is 0.574. The van der Waals surface area contributed by atoms with Gasteiger partial charge in [0.2, 0.25) is 11.8 Å². The largest absolute Gasteiger partial charge is 0.399 e. The van der Waals surface area contributed by atoms with E-state index in [0.717, 1.165) is 0 Å². The van der Waals surface area contributed by atoms with E-state index in [4.69, 9.17) is 5.73 Å². The van der Waals surface area contributed by atoms with Crippen molar-refractivity contribution in [2.75, 3.05) is 5.73 Å². The van der Waals surface area contributed by atoms with Crippen molar-refractivity contribution in [3.05, 3.63) is 35.9 Å². The molecular weight excluding hydrogens is 258 g/mol. The van der Waals surface area contributed by atoms with Crippen LogP contribution in [0.15, 0.2) is 24.8 Å². The molecule has 0 bridgehead atoms. The van der Waals surface area contributed by atoms with E-state index < -0.39 is 11.9 Å². The van der Waals surface area contributed by atoms with Crippen LogP contribution in [0.1, 0.15) is 28.8 Å². The summed E-state index contributed by atoms with van der Waals surface area (Å²) in [5.41, 5.74) is 7.81. The molecule has 6 nitrogen and oxygen atoms in total. The number of carbonyl (C=O) groups is 3. The second-order valence-electron chi connectivity index (χ2n) is 4.89. The van der Waals surface area contributed by atoms with Gasteiger partial charge in [0.15, 0.2) is 0 Å². The van der Waals surface area contributed by atoms with Gasteiger partial charge in [-0.1, -0.05) is 6.58 Å². The summed E-state index contributed by atoms with van der Waals surface area (Å²) in [7, 11) is 0. The highest BCUT2D eigenvalue weighted by atomic mass is 16.2. The van der Waals surface area contributed by atoms with Crippen molar-refractivity contribution >= 4 is 29.1 Å². The minimum absolute atomic E-state index is 0.214. The Morgan fingerprint density at radius 3 is 2.70 bits per heavy atom. The fraction of sp³-hybridized carbons (Fsp3) is 0.214. The van der Waals surface area contributed by atoms with Crippen LogP contribution >= 0.6 is 0 Å². The van der Waals surface area contributed by atoms with E-state index in [1.807, 2.05) is 0 Å². The number of imide groups is 1. The van der Waals surface area contributed by atoms with Gasteiger partial charge in [-0.2, -0.15) is 0 Å². The predicted molar refractivity (Wildman–Crippen MR) is 72.2 cm³/mol. The first-order valence-corrected chi connectivity index (χ1v) is 6.25. The highest BCUT2D eigenvalue weighted by Crippen LogP contribution is 2.35. The lowest BCUT2D eigenvalue weighted by Gasteiger charge is -2.30. The molecule has 2 aliphatic heterocycles. The van der Waals surface area contributed by atoms with Gasteiger partial charge in [-0.3, -0.25) is 24.6 Å². The lowest BCUT2D eigenvalue weighted by Crippen LogP contribution is -2.52. The monoisotopic (exact) mass is 271 g/mol. The Balaban J connectivity index is 1.97. The fourth-order valence-electron chi connectivity index (χ4n) is 2.63. The lowest BCUT2D eigenvalue weighted by molar-refractivity contribution is -0.136. The first-order valence-electron chi connectivity index (χ1n) is 6.25. The minimum atomic E-state index is -0.693. The van der Waals surface area contributed by atoms with Crippen LogP contribution in [0.2, 0.25) is 0 Å². The Morgan fingerprint density at radius 1 is 1.25 bits per heavy atom. The zero-order chi connectivity index (χ0) is 14.4. The Labute approximate surface area is 115 Å². The number of hydrogen-bond acceptors (Lipinski definition) is 4. The van der Waals surface area contributed by atoms with E-state index in [0.29, 0.717) is 28.9 Å². The van der Waals surface area contributed by atoms with E-state index in [1.54, 1.807) is 18.2 Å². The maximum Gasteiger partial charge on any atom is 0.259 e. The fourth-order valence-corrected chi connectivity index (χ4v) is 2.63. The number of carbonyl (C=O) groups excluding carboxylic acids is 3. The van der Waals surface area contributed by atoms with Gasteiger partial charge < -0.3 is 5.73 Å². The summed E-state index contributed by atoms with van der Waals surface area (Å²) in [6, 6.07) is 4.24. The number of nitrogens with one attached hydrogen (secondary N) is 1. The molecule has 0 aromatic heterocycles. The number of anilines is 1. The second kappa shape index (κ2) is 4.19. The number of nitrogen functional groups attached to an aromatic ring is 1. The maximum absolute atomic E-state index is 12.4. The number of amides is 3. The van der Waals surface area contributed by atoms with Gasteiger partial charge >= 0.3 is 0 Å². The van der Waals surface area contributed by atoms with Crippen LogP contribution in [-0.4, -0.2) is 28.7 Å². The number of fused-ring (bicyclic) bond motifs is 1. The molecule has 6 heteroatoms. The number of hydrogen-bond donors (Lipinski definition) is 2. The van der Waals surface area contributed by atoms with Crippen molar-refractivity contribution in [3.8, 4) is 0 Å². The topological polar surface area (TPSA) is 92.5 Å². The molecule has 1 fully saturated rings. The van der Waals surface area contributed by atoms with Gasteiger partial charge in [0.1, 0.15) is 6.04 Å². The third-order valence-electron chi connectivity index (χ3n) is 3.62. The number of nitrogens with zero attached hydrogens (tertiary/aromatic N) is 1. The van der Waals surface area contributed by atoms with E-state index in [9.17, 15) is 14.4 Å². The van der Waals surface area contributed by atoms with Gasteiger partial charge in [-0.05, 0) is 24.6 Å². The van der Waals surface area contributed by atoms with Crippen molar-refractivity contribution in [3.63, 3.8) is 0 Å². The molecule has 1 aromatic rings. The van der Waals surface area contributed by atoms with E-state index in [1.165, 1.54) is 4.90 Å². The van der Waals surface area contributed by atoms with Crippen molar-refractivity contribution in [1.29, 1.82) is 0 Å². The molecule has 2 aliphatic rings. The third-order valence-corrected chi connectivity index (χ3v) is 3.62. The summed E-state index contributed by atoms with van der Waals surface area (Å²) in [6.07, 6.45) is 0.519. The highest BCUT2D eigenvalue weighted by Gasteiger charge is 2.41. The van der Waals surface area contributed by atoms with E-state index in [2.05, 4.69) is 11.9 Å². The highest BCUT2D eigenvalue weighted by molar-refractivity contribution is 6.12.